The van der Waals surface area contributed by atoms with Gasteiger partial charge in [-0.25, -0.2) is 9.50 Å². The Balaban J connectivity index is 2.00. The first-order chi connectivity index (χ1) is 7.86. The van der Waals surface area contributed by atoms with Crippen LogP contribution in [0.4, 0.5) is 5.82 Å². The Bertz CT molecular complexity index is 498. The summed E-state index contributed by atoms with van der Waals surface area (Å²) in [7, 11) is 0. The molecule has 0 saturated carbocycles. The van der Waals surface area contributed by atoms with Gasteiger partial charge in [0.05, 0.1) is 11.9 Å². The van der Waals surface area contributed by atoms with E-state index in [0.29, 0.717) is 6.54 Å². The van der Waals surface area contributed by atoms with Gasteiger partial charge >= 0.3 is 0 Å². The first kappa shape index (κ1) is 9.59. The molecule has 1 saturated heterocycles. The van der Waals surface area contributed by atoms with Gasteiger partial charge < -0.3 is 10.6 Å². The van der Waals surface area contributed by atoms with Crippen LogP contribution in [0.5, 0.6) is 0 Å². The summed E-state index contributed by atoms with van der Waals surface area (Å²) in [6.45, 7) is 2.68. The van der Waals surface area contributed by atoms with E-state index in [4.69, 9.17) is 5.73 Å². The van der Waals surface area contributed by atoms with Crippen LogP contribution in [-0.4, -0.2) is 27.7 Å². The quantitative estimate of drug-likeness (QED) is 0.808. The molecule has 0 radical (unpaired) electrons. The van der Waals surface area contributed by atoms with Gasteiger partial charge in [-0.3, -0.25) is 0 Å². The van der Waals surface area contributed by atoms with Gasteiger partial charge in [0.15, 0.2) is 5.65 Å². The number of anilines is 1. The van der Waals surface area contributed by atoms with Crippen molar-refractivity contribution < 1.29 is 0 Å². The molecule has 1 aliphatic heterocycles. The molecule has 5 nitrogen and oxygen atoms in total. The third-order valence-electron chi connectivity index (χ3n) is 3.00. The molecule has 2 N–H and O–H groups in total. The van der Waals surface area contributed by atoms with E-state index >= 15 is 0 Å². The second-order valence-corrected chi connectivity index (χ2v) is 4.12. The van der Waals surface area contributed by atoms with Gasteiger partial charge in [-0.05, 0) is 25.0 Å². The first-order valence-electron chi connectivity index (χ1n) is 5.67. The largest absolute Gasteiger partial charge is 0.355 e. The minimum Gasteiger partial charge on any atom is -0.355 e. The molecule has 0 spiro atoms. The lowest BCUT2D eigenvalue weighted by Gasteiger charge is -2.15. The highest BCUT2D eigenvalue weighted by Gasteiger charge is 2.14. The summed E-state index contributed by atoms with van der Waals surface area (Å²) >= 11 is 0. The fourth-order valence-electron chi connectivity index (χ4n) is 2.13. The minimum absolute atomic E-state index is 0.461. The van der Waals surface area contributed by atoms with E-state index < -0.39 is 0 Å². The first-order valence-corrected chi connectivity index (χ1v) is 5.67. The molecule has 0 aromatic carbocycles. The number of fused-ring (bicyclic) bond motifs is 1. The molecular formula is C11H15N5. The van der Waals surface area contributed by atoms with E-state index in [1.54, 1.807) is 0 Å². The van der Waals surface area contributed by atoms with Crippen molar-refractivity contribution in [2.75, 3.05) is 18.0 Å². The van der Waals surface area contributed by atoms with E-state index in [9.17, 15) is 0 Å². The van der Waals surface area contributed by atoms with Gasteiger partial charge in [-0.15, -0.1) is 5.10 Å². The van der Waals surface area contributed by atoms with Gasteiger partial charge in [0, 0.05) is 19.6 Å². The van der Waals surface area contributed by atoms with Gasteiger partial charge in [0.2, 0.25) is 0 Å². The van der Waals surface area contributed by atoms with Crippen molar-refractivity contribution in [2.24, 2.45) is 5.73 Å². The van der Waals surface area contributed by atoms with Crippen LogP contribution in [0.25, 0.3) is 5.65 Å². The molecule has 0 amide bonds. The number of nitrogens with two attached hydrogens (primary N) is 1. The van der Waals surface area contributed by atoms with Gasteiger partial charge in [0.1, 0.15) is 5.82 Å². The van der Waals surface area contributed by atoms with Crippen LogP contribution in [0.15, 0.2) is 18.3 Å². The van der Waals surface area contributed by atoms with Crippen LogP contribution in [0, 0.1) is 0 Å². The number of nitrogens with zero attached hydrogens (tertiary/aromatic N) is 4. The van der Waals surface area contributed by atoms with Gasteiger partial charge in [-0.1, -0.05) is 0 Å². The molecule has 1 fully saturated rings. The van der Waals surface area contributed by atoms with Gasteiger partial charge in [0.25, 0.3) is 0 Å². The second kappa shape index (κ2) is 3.75. The van der Waals surface area contributed by atoms with Crippen molar-refractivity contribution in [3.8, 4) is 0 Å². The third-order valence-corrected chi connectivity index (χ3v) is 3.00. The van der Waals surface area contributed by atoms with Crippen LogP contribution in [-0.2, 0) is 6.54 Å². The molecule has 3 rings (SSSR count). The minimum atomic E-state index is 0.461. The maximum atomic E-state index is 5.56. The van der Waals surface area contributed by atoms with Crippen molar-refractivity contribution >= 4 is 11.5 Å². The molecular weight excluding hydrogens is 202 g/mol. The monoisotopic (exact) mass is 217 g/mol. The number of rotatable bonds is 2. The lowest BCUT2D eigenvalue weighted by atomic mass is 10.4. The molecule has 1 aliphatic rings. The molecule has 16 heavy (non-hydrogen) atoms. The van der Waals surface area contributed by atoms with Crippen LogP contribution < -0.4 is 10.6 Å². The molecule has 0 bridgehead atoms. The highest BCUT2D eigenvalue weighted by atomic mass is 15.3. The average molecular weight is 217 g/mol. The topological polar surface area (TPSA) is 59.5 Å². The summed E-state index contributed by atoms with van der Waals surface area (Å²) in [5, 5.41) is 4.55. The SMILES string of the molecule is NCc1cn2nc(N3CCCC3)ccc2n1. The number of imidazole rings is 1. The van der Waals surface area contributed by atoms with Crippen molar-refractivity contribution in [1.29, 1.82) is 0 Å². The van der Waals surface area contributed by atoms with Gasteiger partial charge in [-0.2, -0.15) is 0 Å². The highest BCUT2D eigenvalue weighted by molar-refractivity contribution is 5.47. The second-order valence-electron chi connectivity index (χ2n) is 4.12. The Morgan fingerprint density at radius 2 is 2.06 bits per heavy atom. The van der Waals surface area contributed by atoms with E-state index in [1.165, 1.54) is 12.8 Å². The summed E-state index contributed by atoms with van der Waals surface area (Å²) in [6.07, 6.45) is 4.42. The van der Waals surface area contributed by atoms with Crippen LogP contribution >= 0.6 is 0 Å². The van der Waals surface area contributed by atoms with E-state index in [1.807, 2.05) is 22.8 Å². The molecule has 2 aromatic rings. The Labute approximate surface area is 93.9 Å². The maximum Gasteiger partial charge on any atom is 0.153 e. The van der Waals surface area contributed by atoms with Crippen molar-refractivity contribution in [3.05, 3.63) is 24.0 Å². The number of hydrogen-bond donors (Lipinski definition) is 1. The number of aromatic nitrogens is 3. The molecule has 0 aliphatic carbocycles. The number of hydrogen-bond acceptors (Lipinski definition) is 4. The Hall–Kier alpha value is -1.62. The van der Waals surface area contributed by atoms with Crippen molar-refractivity contribution in [1.82, 2.24) is 14.6 Å². The summed E-state index contributed by atoms with van der Waals surface area (Å²) in [5.74, 6) is 1.03. The molecule has 3 heterocycles. The third kappa shape index (κ3) is 1.53. The summed E-state index contributed by atoms with van der Waals surface area (Å²) in [6, 6.07) is 4.04. The Morgan fingerprint density at radius 1 is 1.25 bits per heavy atom. The van der Waals surface area contributed by atoms with Crippen LogP contribution in [0.2, 0.25) is 0 Å². The fraction of sp³-hybridized carbons (Fsp3) is 0.455. The van der Waals surface area contributed by atoms with E-state index in [2.05, 4.69) is 15.0 Å². The van der Waals surface area contributed by atoms with Crippen LogP contribution in [0.1, 0.15) is 18.5 Å². The zero-order valence-corrected chi connectivity index (χ0v) is 9.13. The predicted molar refractivity (Wildman–Crippen MR) is 62.3 cm³/mol. The molecule has 0 atom stereocenters. The zero-order chi connectivity index (χ0) is 11.0. The lowest BCUT2D eigenvalue weighted by Crippen LogP contribution is -2.19. The Kier molecular flexibility index (Phi) is 2.25. The zero-order valence-electron chi connectivity index (χ0n) is 9.13. The summed E-state index contributed by atoms with van der Waals surface area (Å²) < 4.78 is 1.82. The summed E-state index contributed by atoms with van der Waals surface area (Å²) in [4.78, 5) is 6.66. The maximum absolute atomic E-state index is 5.56. The van der Waals surface area contributed by atoms with Crippen LogP contribution in [0.3, 0.4) is 0 Å². The standard InChI is InChI=1S/C11H15N5/c12-7-9-8-16-10(13-9)3-4-11(14-16)15-5-1-2-6-15/h3-4,8H,1-2,5-7,12H2. The predicted octanol–water partition coefficient (Wildman–Crippen LogP) is 0.788. The molecule has 2 aromatic heterocycles. The molecule has 84 valence electrons. The molecule has 0 unspecified atom stereocenters. The lowest BCUT2D eigenvalue weighted by molar-refractivity contribution is 0.857. The normalized spacial score (nSPS) is 16.2. The molecule has 5 heteroatoms. The highest BCUT2D eigenvalue weighted by Crippen LogP contribution is 2.17. The van der Waals surface area contributed by atoms with Crippen molar-refractivity contribution in [2.45, 2.75) is 19.4 Å². The summed E-state index contributed by atoms with van der Waals surface area (Å²) in [5.41, 5.74) is 7.30. The van der Waals surface area contributed by atoms with Crippen molar-refractivity contribution in [3.63, 3.8) is 0 Å². The Morgan fingerprint density at radius 3 is 2.81 bits per heavy atom. The smallest absolute Gasteiger partial charge is 0.153 e. The fourth-order valence-corrected chi connectivity index (χ4v) is 2.13. The van der Waals surface area contributed by atoms with E-state index in [-0.39, 0.29) is 0 Å². The average Bonchev–Trinajstić information content (AvgIpc) is 2.96. The van der Waals surface area contributed by atoms with E-state index in [0.717, 1.165) is 30.2 Å².